The molecule has 35 heavy (non-hydrogen) atoms. The predicted octanol–water partition coefficient (Wildman–Crippen LogP) is 2.40. The first-order chi connectivity index (χ1) is 16.7. The number of methoxy groups -OCH3 is 1. The number of nitrogens with two attached hydrogens (primary N) is 1. The molecule has 0 aliphatic carbocycles. The number of rotatable bonds is 10. The number of nitrogens with zero attached hydrogens (tertiary/aromatic N) is 1. The van der Waals surface area contributed by atoms with Crippen molar-refractivity contribution in [1.82, 2.24) is 15.6 Å². The number of carbonyl (C=O) groups excluding carboxylic acids is 2. The van der Waals surface area contributed by atoms with Gasteiger partial charge in [-0.15, -0.1) is 11.3 Å². The number of hydrogen-bond acceptors (Lipinski definition) is 9. The number of carbonyl (C=O) groups is 2. The maximum Gasteiger partial charge on any atom is 0.407 e. The molecular weight excluding hydrogens is 492 g/mol. The van der Waals surface area contributed by atoms with E-state index in [1.54, 1.807) is 12.1 Å². The minimum Gasteiger partial charge on any atom is -0.453 e. The molecule has 0 spiro atoms. The summed E-state index contributed by atoms with van der Waals surface area (Å²) < 4.78 is 32.3. The average molecular weight is 519 g/mol. The minimum absolute atomic E-state index is 0.0837. The van der Waals surface area contributed by atoms with Crippen LogP contribution < -0.4 is 16.5 Å². The molecule has 186 valence electrons. The van der Waals surface area contributed by atoms with Crippen LogP contribution in [0.3, 0.4) is 0 Å². The van der Waals surface area contributed by atoms with Crippen LogP contribution in [0.4, 0.5) is 4.79 Å². The summed E-state index contributed by atoms with van der Waals surface area (Å²) in [5, 5.41) is 8.11. The third-order valence-corrected chi connectivity index (χ3v) is 7.29. The van der Waals surface area contributed by atoms with E-state index in [2.05, 4.69) is 19.9 Å². The van der Waals surface area contributed by atoms with Gasteiger partial charge in [0.05, 0.1) is 18.0 Å². The third kappa shape index (κ3) is 7.33. The van der Waals surface area contributed by atoms with Gasteiger partial charge in [-0.2, -0.15) is 18.6 Å². The molecule has 2 amide bonds. The molecule has 0 unspecified atom stereocenters. The van der Waals surface area contributed by atoms with E-state index in [4.69, 9.17) is 10.6 Å². The van der Waals surface area contributed by atoms with E-state index in [-0.39, 0.29) is 11.3 Å². The van der Waals surface area contributed by atoms with Crippen LogP contribution in [-0.4, -0.2) is 38.6 Å². The fraction of sp³-hybridized carbons (Fsp3) is 0.261. The van der Waals surface area contributed by atoms with Crippen molar-refractivity contribution in [2.45, 2.75) is 36.7 Å². The van der Waals surface area contributed by atoms with Crippen molar-refractivity contribution in [3.05, 3.63) is 81.8 Å². The van der Waals surface area contributed by atoms with Crippen molar-refractivity contribution in [3.63, 3.8) is 0 Å². The molecule has 0 saturated heterocycles. The summed E-state index contributed by atoms with van der Waals surface area (Å²) in [7, 11) is -2.79. The van der Waals surface area contributed by atoms with E-state index in [0.29, 0.717) is 11.4 Å². The largest absolute Gasteiger partial charge is 0.453 e. The van der Waals surface area contributed by atoms with Crippen molar-refractivity contribution in [1.29, 1.82) is 0 Å². The molecule has 3 aromatic rings. The van der Waals surface area contributed by atoms with Gasteiger partial charge >= 0.3 is 16.2 Å². The quantitative estimate of drug-likeness (QED) is 0.346. The first-order valence-corrected chi connectivity index (χ1v) is 12.8. The molecule has 1 heterocycles. The summed E-state index contributed by atoms with van der Waals surface area (Å²) in [5.74, 6) is 4.43. The molecule has 10 nitrogen and oxygen atoms in total. The van der Waals surface area contributed by atoms with Crippen LogP contribution in [0, 0.1) is 6.92 Å². The molecular formula is C23H26N4O6S2. The van der Waals surface area contributed by atoms with Gasteiger partial charge in [0.25, 0.3) is 0 Å². The maximum atomic E-state index is 13.3. The van der Waals surface area contributed by atoms with E-state index in [1.165, 1.54) is 30.6 Å². The monoisotopic (exact) mass is 518 g/mol. The van der Waals surface area contributed by atoms with Gasteiger partial charge in [-0.25, -0.2) is 9.78 Å². The van der Waals surface area contributed by atoms with Crippen LogP contribution in [-0.2, 0) is 36.8 Å². The van der Waals surface area contributed by atoms with Gasteiger partial charge in [0.2, 0.25) is 5.91 Å². The number of thiazole rings is 1. The highest BCUT2D eigenvalue weighted by atomic mass is 32.2. The zero-order valence-electron chi connectivity index (χ0n) is 19.1. The molecule has 0 radical (unpaired) electrons. The molecule has 4 N–H and O–H groups in total. The fourth-order valence-corrected chi connectivity index (χ4v) is 4.78. The van der Waals surface area contributed by atoms with E-state index >= 15 is 0 Å². The zero-order valence-corrected chi connectivity index (χ0v) is 20.8. The molecule has 0 saturated carbocycles. The highest BCUT2D eigenvalue weighted by Gasteiger charge is 2.26. The number of aryl methyl sites for hydroxylation is 1. The first kappa shape index (κ1) is 26.3. The Balaban J connectivity index is 1.83. The van der Waals surface area contributed by atoms with Gasteiger partial charge in [0.1, 0.15) is 11.0 Å². The first-order valence-electron chi connectivity index (χ1n) is 10.5. The topological polar surface area (TPSA) is 150 Å². The van der Waals surface area contributed by atoms with E-state index < -0.39 is 34.2 Å². The Kier molecular flexibility index (Phi) is 8.93. The Labute approximate surface area is 207 Å². The summed E-state index contributed by atoms with van der Waals surface area (Å²) in [6.07, 6.45) is -0.128. The third-order valence-electron chi connectivity index (χ3n) is 5.11. The molecule has 0 bridgehead atoms. The van der Waals surface area contributed by atoms with Crippen LogP contribution in [0.15, 0.2) is 64.9 Å². The zero-order chi connectivity index (χ0) is 25.4. The average Bonchev–Trinajstić information content (AvgIpc) is 3.30. The number of ether oxygens (including phenoxy) is 1. The molecule has 12 heteroatoms. The van der Waals surface area contributed by atoms with Crippen LogP contribution in [0.25, 0.3) is 0 Å². The van der Waals surface area contributed by atoms with Crippen molar-refractivity contribution in [2.24, 2.45) is 5.90 Å². The second-order valence-electron chi connectivity index (χ2n) is 7.66. The standard InChI is InChI=1S/C23H26N4O6S2/c1-15-14-34-22(25-15)20(13-17-8-10-18(11-9-17)35(30,31)33-24)26-21(28)19(27-23(29)32-2)12-16-6-4-3-5-7-16/h3-11,14,19-20H,12-13,24H2,1-2H3,(H,26,28)(H,27,29)/t19-,20-/m0/s1. The van der Waals surface area contributed by atoms with Gasteiger partial charge < -0.3 is 15.4 Å². The Morgan fingerprint density at radius 3 is 2.26 bits per heavy atom. The molecule has 2 atom stereocenters. The Hall–Kier alpha value is -3.32. The van der Waals surface area contributed by atoms with Crippen LogP contribution >= 0.6 is 11.3 Å². The Morgan fingerprint density at radius 2 is 1.69 bits per heavy atom. The molecule has 2 aromatic carbocycles. The van der Waals surface area contributed by atoms with Crippen LogP contribution in [0.2, 0.25) is 0 Å². The minimum atomic E-state index is -4.02. The van der Waals surface area contributed by atoms with Crippen LogP contribution in [0.5, 0.6) is 0 Å². The summed E-state index contributed by atoms with van der Waals surface area (Å²) in [5.41, 5.74) is 2.42. The summed E-state index contributed by atoms with van der Waals surface area (Å²) in [6, 6.07) is 13.9. The molecule has 0 aliphatic heterocycles. The number of benzene rings is 2. The lowest BCUT2D eigenvalue weighted by Gasteiger charge is -2.22. The van der Waals surface area contributed by atoms with Crippen molar-refractivity contribution < 1.29 is 27.0 Å². The Bertz CT molecular complexity index is 1250. The van der Waals surface area contributed by atoms with Gasteiger partial charge in [0.15, 0.2) is 0 Å². The van der Waals surface area contributed by atoms with Crippen molar-refractivity contribution in [2.75, 3.05) is 7.11 Å². The normalized spacial score (nSPS) is 13.0. The van der Waals surface area contributed by atoms with E-state index in [1.807, 2.05) is 42.6 Å². The number of alkyl carbamates (subject to hydrolysis) is 1. The molecule has 1 aromatic heterocycles. The van der Waals surface area contributed by atoms with Crippen LogP contribution in [0.1, 0.15) is 27.9 Å². The van der Waals surface area contributed by atoms with Gasteiger partial charge in [-0.3, -0.25) is 4.79 Å². The SMILES string of the molecule is COC(=O)N[C@@H](Cc1ccccc1)C(=O)N[C@@H](Cc1ccc(S(=O)(=O)ON)cc1)c1nc(C)cs1. The molecule has 0 fully saturated rings. The number of nitrogens with one attached hydrogen (secondary N) is 2. The fourth-order valence-electron chi connectivity index (χ4n) is 3.35. The second-order valence-corrected chi connectivity index (χ2v) is 10.1. The lowest BCUT2D eigenvalue weighted by Crippen LogP contribution is -2.49. The number of amides is 2. The Morgan fingerprint density at radius 1 is 1.03 bits per heavy atom. The lowest BCUT2D eigenvalue weighted by atomic mass is 10.0. The van der Waals surface area contributed by atoms with E-state index in [9.17, 15) is 18.0 Å². The second kappa shape index (κ2) is 11.9. The van der Waals surface area contributed by atoms with E-state index in [0.717, 1.165) is 16.8 Å². The summed E-state index contributed by atoms with van der Waals surface area (Å²) in [6.45, 7) is 1.85. The summed E-state index contributed by atoms with van der Waals surface area (Å²) >= 11 is 1.39. The van der Waals surface area contributed by atoms with Gasteiger partial charge in [0, 0.05) is 17.5 Å². The predicted molar refractivity (Wildman–Crippen MR) is 130 cm³/mol. The number of aromatic nitrogens is 1. The van der Waals surface area contributed by atoms with Crippen molar-refractivity contribution in [3.8, 4) is 0 Å². The highest BCUT2D eigenvalue weighted by molar-refractivity contribution is 7.86. The molecule has 3 rings (SSSR count). The highest BCUT2D eigenvalue weighted by Crippen LogP contribution is 2.24. The summed E-state index contributed by atoms with van der Waals surface area (Å²) in [4.78, 5) is 29.6. The smallest absolute Gasteiger partial charge is 0.407 e. The maximum absolute atomic E-state index is 13.3. The number of hydrogen-bond donors (Lipinski definition) is 3. The van der Waals surface area contributed by atoms with Gasteiger partial charge in [-0.05, 0) is 36.6 Å². The van der Waals surface area contributed by atoms with Gasteiger partial charge in [-0.1, -0.05) is 42.5 Å². The molecule has 0 aliphatic rings. The van der Waals surface area contributed by atoms with Crippen molar-refractivity contribution >= 4 is 33.5 Å². The lowest BCUT2D eigenvalue weighted by molar-refractivity contribution is -0.123.